The summed E-state index contributed by atoms with van der Waals surface area (Å²) in [5.74, 6) is 0.817. The number of allylic oxidation sites excluding steroid dienone is 4. The highest BCUT2D eigenvalue weighted by Gasteiger charge is 2.22. The molecule has 1 aromatic heterocycles. The lowest BCUT2D eigenvalue weighted by Gasteiger charge is -2.31. The number of nitrogens with zero attached hydrogens (tertiary/aromatic N) is 5. The molecule has 3 rings (SSSR count). The highest BCUT2D eigenvalue weighted by Crippen LogP contribution is 2.20. The number of aromatic nitrogens is 3. The molecular weight excluding hydrogens is 404 g/mol. The minimum atomic E-state index is -0.128. The molecule has 0 unspecified atom stereocenters. The van der Waals surface area contributed by atoms with Crippen molar-refractivity contribution in [3.63, 3.8) is 0 Å². The van der Waals surface area contributed by atoms with E-state index in [1.807, 2.05) is 44.2 Å². The van der Waals surface area contributed by atoms with Gasteiger partial charge < -0.3 is 15.0 Å². The van der Waals surface area contributed by atoms with Gasteiger partial charge in [0.1, 0.15) is 6.33 Å². The van der Waals surface area contributed by atoms with Gasteiger partial charge in [-0.05, 0) is 44.4 Å². The molecule has 8 nitrogen and oxygen atoms in total. The lowest BCUT2D eigenvalue weighted by Crippen LogP contribution is -2.38. The Hall–Kier alpha value is -3.39. The van der Waals surface area contributed by atoms with Crippen molar-refractivity contribution in [1.82, 2.24) is 20.3 Å². The number of amides is 1. The van der Waals surface area contributed by atoms with E-state index >= 15 is 0 Å². The van der Waals surface area contributed by atoms with Crippen molar-refractivity contribution in [3.8, 4) is 0 Å². The van der Waals surface area contributed by atoms with E-state index in [-0.39, 0.29) is 12.0 Å². The van der Waals surface area contributed by atoms with Crippen LogP contribution in [0.5, 0.6) is 0 Å². The summed E-state index contributed by atoms with van der Waals surface area (Å²) in [5.41, 5.74) is 2.53. The molecule has 168 valence electrons. The Morgan fingerprint density at radius 3 is 2.66 bits per heavy atom. The fraction of sp³-hybridized carbons (Fsp3) is 0.375. The first kappa shape index (κ1) is 23.3. The average Bonchev–Trinajstić information content (AvgIpc) is 2.78. The number of aliphatic imine (C=N–C) groups is 1. The van der Waals surface area contributed by atoms with Crippen LogP contribution in [0.15, 0.2) is 65.6 Å². The first-order valence-corrected chi connectivity index (χ1v) is 10.8. The van der Waals surface area contributed by atoms with Gasteiger partial charge in [-0.25, -0.2) is 9.98 Å². The first-order chi connectivity index (χ1) is 15.5. The summed E-state index contributed by atoms with van der Waals surface area (Å²) in [6.45, 7) is 7.45. The van der Waals surface area contributed by atoms with Crippen LogP contribution >= 0.6 is 0 Å². The number of anilines is 1. The average molecular weight is 435 g/mol. The highest BCUT2D eigenvalue weighted by atomic mass is 16.5. The molecule has 8 heteroatoms. The summed E-state index contributed by atoms with van der Waals surface area (Å²) in [5, 5.41) is 2.74. The SMILES string of the molecule is C/C=C\C(/C=C(\C)NC(C)=O)=Nc1ncnc(N2CCC(OCc3ccccc3)CC2)n1. The molecule has 0 bridgehead atoms. The molecule has 2 aromatic rings. The number of piperidine rings is 1. The number of nitrogens with one attached hydrogen (secondary N) is 1. The fourth-order valence-electron chi connectivity index (χ4n) is 3.44. The second kappa shape index (κ2) is 11.9. The van der Waals surface area contributed by atoms with Crippen LogP contribution in [0.3, 0.4) is 0 Å². The quantitative estimate of drug-likeness (QED) is 0.636. The van der Waals surface area contributed by atoms with Crippen molar-refractivity contribution in [3.05, 3.63) is 66.1 Å². The Bertz CT molecular complexity index is 979. The van der Waals surface area contributed by atoms with Crippen LogP contribution in [0.25, 0.3) is 0 Å². The monoisotopic (exact) mass is 434 g/mol. The van der Waals surface area contributed by atoms with Crippen molar-refractivity contribution in [2.24, 2.45) is 4.99 Å². The van der Waals surface area contributed by atoms with E-state index in [1.54, 1.807) is 6.08 Å². The molecule has 1 aliphatic rings. The maximum atomic E-state index is 11.3. The third-order valence-corrected chi connectivity index (χ3v) is 4.90. The molecule has 1 N–H and O–H groups in total. The molecule has 1 amide bonds. The van der Waals surface area contributed by atoms with Crippen molar-refractivity contribution in [2.75, 3.05) is 18.0 Å². The van der Waals surface area contributed by atoms with Crippen LogP contribution in [0.4, 0.5) is 11.9 Å². The number of carbonyl (C=O) groups is 1. The molecular formula is C24H30N6O2. The predicted molar refractivity (Wildman–Crippen MR) is 126 cm³/mol. The number of hydrogen-bond donors (Lipinski definition) is 1. The number of rotatable bonds is 8. The molecule has 0 saturated carbocycles. The maximum absolute atomic E-state index is 11.3. The van der Waals surface area contributed by atoms with Gasteiger partial charge in [-0.2, -0.15) is 9.97 Å². The van der Waals surface area contributed by atoms with E-state index in [4.69, 9.17) is 4.74 Å². The molecule has 32 heavy (non-hydrogen) atoms. The van der Waals surface area contributed by atoms with Gasteiger partial charge in [-0.1, -0.05) is 36.4 Å². The second-order valence-corrected chi connectivity index (χ2v) is 7.61. The fourth-order valence-corrected chi connectivity index (χ4v) is 3.44. The van der Waals surface area contributed by atoms with Gasteiger partial charge in [0.2, 0.25) is 11.9 Å². The minimum absolute atomic E-state index is 0.128. The smallest absolute Gasteiger partial charge is 0.254 e. The summed E-state index contributed by atoms with van der Waals surface area (Å²) in [6, 6.07) is 10.2. The normalized spacial score (nSPS) is 15.9. The summed E-state index contributed by atoms with van der Waals surface area (Å²) in [7, 11) is 0. The number of ether oxygens (including phenoxy) is 1. The van der Waals surface area contributed by atoms with Crippen LogP contribution in [-0.2, 0) is 16.1 Å². The minimum Gasteiger partial charge on any atom is -0.373 e. The van der Waals surface area contributed by atoms with Crippen LogP contribution in [-0.4, -0.2) is 45.8 Å². The van der Waals surface area contributed by atoms with E-state index in [1.165, 1.54) is 18.8 Å². The summed E-state index contributed by atoms with van der Waals surface area (Å²) in [4.78, 5) is 31.0. The highest BCUT2D eigenvalue weighted by molar-refractivity contribution is 6.05. The third-order valence-electron chi connectivity index (χ3n) is 4.90. The van der Waals surface area contributed by atoms with Crippen molar-refractivity contribution in [1.29, 1.82) is 0 Å². The van der Waals surface area contributed by atoms with Crippen LogP contribution in [0.2, 0.25) is 0 Å². The summed E-state index contributed by atoms with van der Waals surface area (Å²) in [6.07, 6.45) is 9.04. The van der Waals surface area contributed by atoms with Gasteiger partial charge in [0, 0.05) is 25.7 Å². The topological polar surface area (TPSA) is 92.6 Å². The van der Waals surface area contributed by atoms with E-state index in [2.05, 4.69) is 42.3 Å². The number of benzene rings is 1. The predicted octanol–water partition coefficient (Wildman–Crippen LogP) is 3.75. The largest absolute Gasteiger partial charge is 0.373 e. The lowest BCUT2D eigenvalue weighted by atomic mass is 10.1. The Morgan fingerprint density at radius 2 is 1.97 bits per heavy atom. The number of carbonyl (C=O) groups excluding carboxylic acids is 1. The van der Waals surface area contributed by atoms with E-state index < -0.39 is 0 Å². The zero-order valence-electron chi connectivity index (χ0n) is 18.9. The van der Waals surface area contributed by atoms with E-state index in [9.17, 15) is 4.79 Å². The molecule has 1 aliphatic heterocycles. The van der Waals surface area contributed by atoms with E-state index in [0.717, 1.165) is 25.9 Å². The zero-order valence-corrected chi connectivity index (χ0v) is 18.9. The summed E-state index contributed by atoms with van der Waals surface area (Å²) < 4.78 is 6.08. The Balaban J connectivity index is 1.61. The van der Waals surface area contributed by atoms with Crippen LogP contribution in [0, 0.1) is 0 Å². The zero-order chi connectivity index (χ0) is 22.8. The third kappa shape index (κ3) is 7.39. The Kier molecular flexibility index (Phi) is 8.62. The maximum Gasteiger partial charge on any atom is 0.254 e. The standard InChI is InChI=1S/C24H30N6O2/c1-4-8-21(15-18(2)27-19(3)31)28-23-25-17-26-24(29-23)30-13-11-22(12-14-30)32-16-20-9-6-5-7-10-20/h4-10,15,17,22H,11-14,16H2,1-3H3,(H,27,31)/b8-4-,18-15+,28-21?. The van der Waals surface area contributed by atoms with Gasteiger partial charge in [0.05, 0.1) is 18.4 Å². The van der Waals surface area contributed by atoms with Crippen LogP contribution < -0.4 is 10.2 Å². The van der Waals surface area contributed by atoms with Crippen molar-refractivity contribution < 1.29 is 9.53 Å². The molecule has 1 aromatic carbocycles. The van der Waals surface area contributed by atoms with Crippen molar-refractivity contribution in [2.45, 2.75) is 46.3 Å². The number of hydrogen-bond acceptors (Lipinski definition) is 7. The van der Waals surface area contributed by atoms with Gasteiger partial charge in [-0.3, -0.25) is 4.79 Å². The Labute approximate surface area is 189 Å². The lowest BCUT2D eigenvalue weighted by molar-refractivity contribution is -0.118. The molecule has 1 fully saturated rings. The molecule has 2 heterocycles. The summed E-state index contributed by atoms with van der Waals surface area (Å²) >= 11 is 0. The van der Waals surface area contributed by atoms with Gasteiger partial charge >= 0.3 is 0 Å². The first-order valence-electron chi connectivity index (χ1n) is 10.8. The second-order valence-electron chi connectivity index (χ2n) is 7.61. The van der Waals surface area contributed by atoms with Gasteiger partial charge in [0.15, 0.2) is 0 Å². The molecule has 0 aliphatic carbocycles. The molecule has 1 saturated heterocycles. The van der Waals surface area contributed by atoms with Crippen molar-refractivity contribution >= 4 is 23.5 Å². The van der Waals surface area contributed by atoms with E-state index in [0.29, 0.717) is 29.9 Å². The molecule has 0 atom stereocenters. The molecule has 0 radical (unpaired) electrons. The van der Waals surface area contributed by atoms with Gasteiger partial charge in [0.25, 0.3) is 5.95 Å². The molecule has 0 spiro atoms. The Morgan fingerprint density at radius 1 is 1.22 bits per heavy atom. The van der Waals surface area contributed by atoms with Gasteiger partial charge in [-0.15, -0.1) is 0 Å². The van der Waals surface area contributed by atoms with Crippen LogP contribution in [0.1, 0.15) is 39.2 Å².